The molecule has 1 N–H and O–H groups in total. The van der Waals surface area contributed by atoms with Crippen molar-refractivity contribution < 1.29 is 14.4 Å². The van der Waals surface area contributed by atoms with Gasteiger partial charge in [-0.25, -0.2) is 0 Å². The lowest BCUT2D eigenvalue weighted by Crippen LogP contribution is -2.30. The summed E-state index contributed by atoms with van der Waals surface area (Å²) in [5.41, 5.74) is 5.72. The molecule has 6 nitrogen and oxygen atoms in total. The van der Waals surface area contributed by atoms with Crippen LogP contribution in [0.15, 0.2) is 59.1 Å². The van der Waals surface area contributed by atoms with Gasteiger partial charge in [0.1, 0.15) is 0 Å². The summed E-state index contributed by atoms with van der Waals surface area (Å²) in [4.78, 5) is 11.1. The van der Waals surface area contributed by atoms with Crippen LogP contribution >= 0.6 is 15.9 Å². The highest BCUT2D eigenvalue weighted by molar-refractivity contribution is 9.10. The standard InChI is InChI=1S/C23H17BrN2O4/c24-18-10-21-20(29-11-30-21)9-15(18)23-17-7-12-3-1-2-4-14(12)22(17)16-8-13(26(27)28)5-6-19(16)25-23/h1-6,8-10,17,22-23,25H,7,11H2/t17-,22-,23-/m0/s1. The highest BCUT2D eigenvalue weighted by Gasteiger charge is 2.44. The molecule has 150 valence electrons. The van der Waals surface area contributed by atoms with E-state index in [0.29, 0.717) is 0 Å². The lowest BCUT2D eigenvalue weighted by atomic mass is 9.75. The number of non-ortho nitro benzene ring substituents is 1. The fourth-order valence-electron chi connectivity index (χ4n) is 5.14. The molecule has 0 aromatic heterocycles. The normalized spacial score (nSPS) is 22.6. The molecule has 2 heterocycles. The topological polar surface area (TPSA) is 73.6 Å². The van der Waals surface area contributed by atoms with E-state index >= 15 is 0 Å². The average Bonchev–Trinajstić information content (AvgIpc) is 3.36. The Hall–Kier alpha value is -3.06. The van der Waals surface area contributed by atoms with Crippen LogP contribution < -0.4 is 14.8 Å². The first-order chi connectivity index (χ1) is 14.6. The van der Waals surface area contributed by atoms with E-state index < -0.39 is 0 Å². The van der Waals surface area contributed by atoms with Crippen molar-refractivity contribution in [2.75, 3.05) is 12.1 Å². The molecule has 3 aromatic rings. The van der Waals surface area contributed by atoms with Gasteiger partial charge >= 0.3 is 0 Å². The van der Waals surface area contributed by atoms with Gasteiger partial charge in [0.05, 0.1) is 11.0 Å². The fourth-order valence-corrected chi connectivity index (χ4v) is 5.71. The van der Waals surface area contributed by atoms with Crippen LogP contribution in [0.1, 0.15) is 34.2 Å². The quantitative estimate of drug-likeness (QED) is 0.397. The maximum Gasteiger partial charge on any atom is 0.269 e. The Bertz CT molecular complexity index is 1210. The largest absolute Gasteiger partial charge is 0.454 e. The van der Waals surface area contributed by atoms with Crippen LogP contribution in [0.2, 0.25) is 0 Å². The number of hydrogen-bond donors (Lipinski definition) is 1. The van der Waals surface area contributed by atoms with E-state index in [9.17, 15) is 10.1 Å². The number of nitrogens with zero attached hydrogens (tertiary/aromatic N) is 1. The molecular weight excluding hydrogens is 448 g/mol. The van der Waals surface area contributed by atoms with Gasteiger partial charge in [-0.3, -0.25) is 10.1 Å². The summed E-state index contributed by atoms with van der Waals surface area (Å²) in [6.07, 6.45) is 0.904. The summed E-state index contributed by atoms with van der Waals surface area (Å²) in [5, 5.41) is 15.1. The Labute approximate surface area is 181 Å². The molecule has 0 spiro atoms. The van der Waals surface area contributed by atoms with Gasteiger partial charge in [0.15, 0.2) is 11.5 Å². The smallest absolute Gasteiger partial charge is 0.269 e. The summed E-state index contributed by atoms with van der Waals surface area (Å²) >= 11 is 3.72. The molecule has 0 bridgehead atoms. The van der Waals surface area contributed by atoms with Crippen LogP contribution in [0.25, 0.3) is 0 Å². The molecule has 7 heteroatoms. The molecule has 0 saturated heterocycles. The van der Waals surface area contributed by atoms with Gasteiger partial charge in [0, 0.05) is 28.2 Å². The van der Waals surface area contributed by atoms with Crippen molar-refractivity contribution in [3.8, 4) is 11.5 Å². The monoisotopic (exact) mass is 464 g/mol. The van der Waals surface area contributed by atoms with Gasteiger partial charge in [-0.15, -0.1) is 0 Å². The second-order valence-electron chi connectivity index (χ2n) is 7.92. The van der Waals surface area contributed by atoms with Gasteiger partial charge < -0.3 is 14.8 Å². The van der Waals surface area contributed by atoms with Crippen molar-refractivity contribution in [2.45, 2.75) is 18.4 Å². The fraction of sp³-hybridized carbons (Fsp3) is 0.217. The Morgan fingerprint density at radius 2 is 1.80 bits per heavy atom. The summed E-state index contributed by atoms with van der Waals surface area (Å²) < 4.78 is 12.1. The number of anilines is 1. The molecule has 30 heavy (non-hydrogen) atoms. The van der Waals surface area contributed by atoms with E-state index in [1.165, 1.54) is 11.1 Å². The summed E-state index contributed by atoms with van der Waals surface area (Å²) in [7, 11) is 0. The van der Waals surface area contributed by atoms with E-state index in [1.807, 2.05) is 24.3 Å². The SMILES string of the molecule is O=[N+]([O-])c1ccc2c(c1)[C@@H]1c3ccccc3C[C@@H]1[C@H](c1cc3c(cc1Br)OCO3)N2. The van der Waals surface area contributed by atoms with Gasteiger partial charge in [-0.05, 0) is 52.8 Å². The first-order valence-electron chi connectivity index (χ1n) is 9.82. The number of benzene rings is 3. The van der Waals surface area contributed by atoms with Crippen LogP contribution in [0.4, 0.5) is 11.4 Å². The minimum atomic E-state index is -0.323. The van der Waals surface area contributed by atoms with Crippen LogP contribution in [-0.2, 0) is 6.42 Å². The maximum absolute atomic E-state index is 11.4. The van der Waals surface area contributed by atoms with Crippen molar-refractivity contribution in [1.82, 2.24) is 0 Å². The molecule has 1 aliphatic carbocycles. The highest BCUT2D eigenvalue weighted by Crippen LogP contribution is 2.55. The Morgan fingerprint density at radius 1 is 1.00 bits per heavy atom. The van der Waals surface area contributed by atoms with Gasteiger partial charge in [0.25, 0.3) is 5.69 Å². The van der Waals surface area contributed by atoms with Gasteiger partial charge in [-0.1, -0.05) is 40.2 Å². The lowest BCUT2D eigenvalue weighted by Gasteiger charge is -2.38. The van der Waals surface area contributed by atoms with Crippen LogP contribution in [0.3, 0.4) is 0 Å². The predicted octanol–water partition coefficient (Wildman–Crippen LogP) is 5.56. The van der Waals surface area contributed by atoms with E-state index in [2.05, 4.69) is 39.4 Å². The van der Waals surface area contributed by atoms with Crippen LogP contribution in [0.5, 0.6) is 11.5 Å². The van der Waals surface area contributed by atoms with Crippen molar-refractivity contribution in [3.05, 3.63) is 91.4 Å². The molecular formula is C23H17BrN2O4. The third-order valence-corrected chi connectivity index (χ3v) is 7.11. The van der Waals surface area contributed by atoms with Crippen molar-refractivity contribution in [3.63, 3.8) is 0 Å². The van der Waals surface area contributed by atoms with E-state index in [4.69, 9.17) is 9.47 Å². The highest BCUT2D eigenvalue weighted by atomic mass is 79.9. The Kier molecular flexibility index (Phi) is 3.83. The Morgan fingerprint density at radius 3 is 2.63 bits per heavy atom. The second kappa shape index (κ2) is 6.47. The summed E-state index contributed by atoms with van der Waals surface area (Å²) in [6.45, 7) is 0.229. The lowest BCUT2D eigenvalue weighted by molar-refractivity contribution is -0.384. The zero-order valence-corrected chi connectivity index (χ0v) is 17.4. The third-order valence-electron chi connectivity index (χ3n) is 6.42. The summed E-state index contributed by atoms with van der Waals surface area (Å²) in [6, 6.07) is 17.6. The minimum Gasteiger partial charge on any atom is -0.454 e. The molecule has 0 radical (unpaired) electrons. The van der Waals surface area contributed by atoms with E-state index in [-0.39, 0.29) is 35.3 Å². The van der Waals surface area contributed by atoms with E-state index in [1.54, 1.807) is 12.1 Å². The molecule has 0 unspecified atom stereocenters. The van der Waals surface area contributed by atoms with Crippen molar-refractivity contribution in [1.29, 1.82) is 0 Å². The molecule has 0 saturated carbocycles. The maximum atomic E-state index is 11.4. The zero-order valence-electron chi connectivity index (χ0n) is 15.8. The first kappa shape index (κ1) is 17.8. The number of hydrogen-bond acceptors (Lipinski definition) is 5. The molecule has 6 rings (SSSR count). The number of nitro groups is 1. The van der Waals surface area contributed by atoms with Crippen molar-refractivity contribution >= 4 is 27.3 Å². The molecule has 3 aliphatic rings. The number of rotatable bonds is 2. The third kappa shape index (κ3) is 2.55. The molecule has 0 amide bonds. The van der Waals surface area contributed by atoms with Crippen LogP contribution in [0, 0.1) is 16.0 Å². The summed E-state index contributed by atoms with van der Waals surface area (Å²) in [5.74, 6) is 1.81. The van der Waals surface area contributed by atoms with Crippen LogP contribution in [-0.4, -0.2) is 11.7 Å². The number of fused-ring (bicyclic) bond motifs is 6. The number of halogens is 1. The molecule has 0 fully saturated rings. The van der Waals surface area contributed by atoms with Crippen molar-refractivity contribution in [2.24, 2.45) is 5.92 Å². The molecule has 3 atom stereocenters. The van der Waals surface area contributed by atoms with E-state index in [0.717, 1.165) is 39.2 Å². The zero-order chi connectivity index (χ0) is 20.4. The number of nitro benzene ring substituents is 1. The second-order valence-corrected chi connectivity index (χ2v) is 8.78. The molecule has 3 aromatic carbocycles. The number of ether oxygens (including phenoxy) is 2. The molecule has 2 aliphatic heterocycles. The van der Waals surface area contributed by atoms with Gasteiger partial charge in [-0.2, -0.15) is 0 Å². The average molecular weight is 465 g/mol. The Balaban J connectivity index is 1.53. The van der Waals surface area contributed by atoms with Gasteiger partial charge in [0.2, 0.25) is 6.79 Å². The predicted molar refractivity (Wildman–Crippen MR) is 115 cm³/mol. The minimum absolute atomic E-state index is 0.0280. The number of nitrogens with one attached hydrogen (secondary N) is 1. The first-order valence-corrected chi connectivity index (χ1v) is 10.6.